The second-order valence-electron chi connectivity index (χ2n) is 11.9. The number of pyridine rings is 2. The highest BCUT2D eigenvalue weighted by Gasteiger charge is 2.44. The van der Waals surface area contributed by atoms with E-state index in [9.17, 15) is 22.8 Å². The van der Waals surface area contributed by atoms with Crippen LogP contribution in [-0.4, -0.2) is 26.3 Å². The van der Waals surface area contributed by atoms with Gasteiger partial charge in [-0.25, -0.2) is 18.2 Å². The second-order valence-corrected chi connectivity index (χ2v) is 11.9. The molecule has 2 aromatic carbocycles. The van der Waals surface area contributed by atoms with Gasteiger partial charge < -0.3 is 15.6 Å². The first-order valence-electron chi connectivity index (χ1n) is 14.3. The Balaban J connectivity index is 1.50. The standard InChI is InChI=1S/C34H30F3N5O2/c1-18(2)12-26-28(31(38)43)27(29-30(40-26)34(3,41-33(29)44)15-19-4-7-23(35)8-5-19)22-14-21-10-11-42(32(21)39-16-22)17-20-6-9-24(36)25(37)13-20/h4-11,13-14,16,18H,12,15,17H2,1-3H3,(H2,38,43)(H,41,44)/t34-/m0/s1. The Morgan fingerprint density at radius 1 is 1.00 bits per heavy atom. The molecule has 6 rings (SSSR count). The van der Waals surface area contributed by atoms with Crippen LogP contribution in [0.25, 0.3) is 22.2 Å². The van der Waals surface area contributed by atoms with Crippen molar-refractivity contribution in [3.05, 3.63) is 118 Å². The number of fused-ring (bicyclic) bond motifs is 2. The van der Waals surface area contributed by atoms with E-state index >= 15 is 0 Å². The van der Waals surface area contributed by atoms with E-state index in [1.165, 1.54) is 18.2 Å². The SMILES string of the molecule is CC(C)Cc1nc2c(c(-c3cnc4c(ccn4Cc4ccc(F)c(F)c4)c3)c1C(N)=O)C(=O)N[C@@]2(C)Cc1ccc(F)cc1. The van der Waals surface area contributed by atoms with Gasteiger partial charge in [0, 0.05) is 41.9 Å². The molecule has 0 saturated carbocycles. The number of nitrogens with zero attached hydrogens (tertiary/aromatic N) is 3. The van der Waals surface area contributed by atoms with Gasteiger partial charge in [-0.1, -0.05) is 32.0 Å². The Morgan fingerprint density at radius 2 is 1.73 bits per heavy atom. The van der Waals surface area contributed by atoms with Crippen molar-refractivity contribution in [3.8, 4) is 11.1 Å². The van der Waals surface area contributed by atoms with E-state index in [0.717, 1.165) is 17.7 Å². The van der Waals surface area contributed by atoms with Crippen LogP contribution >= 0.6 is 0 Å². The number of hydrogen-bond acceptors (Lipinski definition) is 4. The van der Waals surface area contributed by atoms with Crippen molar-refractivity contribution in [1.82, 2.24) is 19.9 Å². The van der Waals surface area contributed by atoms with Gasteiger partial charge in [-0.05, 0) is 66.8 Å². The van der Waals surface area contributed by atoms with Crippen molar-refractivity contribution < 1.29 is 22.8 Å². The maximum absolute atomic E-state index is 13.8. The van der Waals surface area contributed by atoms with E-state index in [4.69, 9.17) is 10.7 Å². The van der Waals surface area contributed by atoms with Gasteiger partial charge in [0.1, 0.15) is 11.5 Å². The quantitative estimate of drug-likeness (QED) is 0.227. The summed E-state index contributed by atoms with van der Waals surface area (Å²) in [6.07, 6.45) is 4.15. The second kappa shape index (κ2) is 10.9. The Hall–Kier alpha value is -4.99. The van der Waals surface area contributed by atoms with E-state index in [1.54, 1.807) is 29.1 Å². The smallest absolute Gasteiger partial charge is 0.254 e. The number of halogens is 3. The third-order valence-electron chi connectivity index (χ3n) is 7.96. The summed E-state index contributed by atoms with van der Waals surface area (Å²) >= 11 is 0. The van der Waals surface area contributed by atoms with Gasteiger partial charge in [-0.3, -0.25) is 14.6 Å². The summed E-state index contributed by atoms with van der Waals surface area (Å²) in [7, 11) is 0. The molecule has 0 bridgehead atoms. The average molecular weight is 598 g/mol. The lowest BCUT2D eigenvalue weighted by Gasteiger charge is -2.26. The predicted molar refractivity (Wildman–Crippen MR) is 160 cm³/mol. The van der Waals surface area contributed by atoms with Crippen molar-refractivity contribution in [2.24, 2.45) is 11.7 Å². The molecule has 44 heavy (non-hydrogen) atoms. The zero-order valence-corrected chi connectivity index (χ0v) is 24.4. The molecule has 0 spiro atoms. The van der Waals surface area contributed by atoms with Crippen molar-refractivity contribution in [1.29, 1.82) is 0 Å². The molecule has 0 radical (unpaired) electrons. The summed E-state index contributed by atoms with van der Waals surface area (Å²) in [4.78, 5) is 36.3. The molecule has 0 aliphatic carbocycles. The maximum atomic E-state index is 13.8. The van der Waals surface area contributed by atoms with E-state index in [-0.39, 0.29) is 29.4 Å². The largest absolute Gasteiger partial charge is 0.366 e. The summed E-state index contributed by atoms with van der Waals surface area (Å²) in [5, 5.41) is 3.78. The van der Waals surface area contributed by atoms with Crippen LogP contribution in [0.5, 0.6) is 0 Å². The van der Waals surface area contributed by atoms with Crippen molar-refractivity contribution in [2.45, 2.75) is 45.7 Å². The Bertz CT molecular complexity index is 1950. The van der Waals surface area contributed by atoms with Crippen LogP contribution in [0.15, 0.2) is 67.0 Å². The molecule has 7 nitrogen and oxygen atoms in total. The maximum Gasteiger partial charge on any atom is 0.254 e. The fraction of sp³-hybridized carbons (Fsp3) is 0.235. The number of nitrogens with one attached hydrogen (secondary N) is 1. The van der Waals surface area contributed by atoms with Crippen LogP contribution in [0, 0.1) is 23.4 Å². The van der Waals surface area contributed by atoms with E-state index in [0.29, 0.717) is 52.0 Å². The highest BCUT2D eigenvalue weighted by atomic mass is 19.2. The number of rotatable bonds is 8. The molecule has 224 valence electrons. The lowest BCUT2D eigenvalue weighted by Crippen LogP contribution is -2.39. The van der Waals surface area contributed by atoms with E-state index < -0.39 is 29.0 Å². The third kappa shape index (κ3) is 5.21. The lowest BCUT2D eigenvalue weighted by atomic mass is 9.85. The lowest BCUT2D eigenvalue weighted by molar-refractivity contribution is 0.0935. The van der Waals surface area contributed by atoms with Crippen LogP contribution < -0.4 is 11.1 Å². The van der Waals surface area contributed by atoms with Crippen molar-refractivity contribution >= 4 is 22.8 Å². The first-order valence-corrected chi connectivity index (χ1v) is 14.3. The Kier molecular flexibility index (Phi) is 7.23. The topological polar surface area (TPSA) is 103 Å². The van der Waals surface area contributed by atoms with Gasteiger partial charge in [0.15, 0.2) is 11.6 Å². The van der Waals surface area contributed by atoms with Crippen LogP contribution in [-0.2, 0) is 24.9 Å². The molecule has 0 saturated heterocycles. The van der Waals surface area contributed by atoms with Crippen molar-refractivity contribution in [3.63, 3.8) is 0 Å². The molecule has 2 amide bonds. The molecule has 3 N–H and O–H groups in total. The molecule has 5 aromatic rings. The number of benzene rings is 2. The molecule has 0 unspecified atom stereocenters. The first kappa shape index (κ1) is 29.1. The number of amides is 2. The summed E-state index contributed by atoms with van der Waals surface area (Å²) < 4.78 is 42.7. The summed E-state index contributed by atoms with van der Waals surface area (Å²) in [5.41, 5.74) is 9.24. The van der Waals surface area contributed by atoms with Gasteiger partial charge >= 0.3 is 0 Å². The van der Waals surface area contributed by atoms with Crippen LogP contribution in [0.2, 0.25) is 0 Å². The Morgan fingerprint density at radius 3 is 2.41 bits per heavy atom. The minimum Gasteiger partial charge on any atom is -0.366 e. The first-order chi connectivity index (χ1) is 20.9. The number of hydrogen-bond donors (Lipinski definition) is 2. The van der Waals surface area contributed by atoms with Crippen LogP contribution in [0.1, 0.15) is 64.0 Å². The minimum absolute atomic E-state index is 0.130. The monoisotopic (exact) mass is 597 g/mol. The third-order valence-corrected chi connectivity index (χ3v) is 7.96. The molecule has 0 fully saturated rings. The van der Waals surface area contributed by atoms with E-state index in [1.807, 2.05) is 32.9 Å². The fourth-order valence-electron chi connectivity index (χ4n) is 6.03. The number of nitrogens with two attached hydrogens (primary N) is 1. The van der Waals surface area contributed by atoms with Crippen molar-refractivity contribution in [2.75, 3.05) is 0 Å². The zero-order chi connectivity index (χ0) is 31.3. The van der Waals surface area contributed by atoms with Gasteiger partial charge in [-0.2, -0.15) is 0 Å². The average Bonchev–Trinajstić information content (AvgIpc) is 3.47. The number of primary amides is 1. The normalized spacial score (nSPS) is 16.0. The summed E-state index contributed by atoms with van der Waals surface area (Å²) in [6, 6.07) is 13.5. The molecule has 1 aliphatic rings. The summed E-state index contributed by atoms with van der Waals surface area (Å²) in [5.74, 6) is -3.18. The van der Waals surface area contributed by atoms with Gasteiger partial charge in [0.25, 0.3) is 11.8 Å². The van der Waals surface area contributed by atoms with Crippen LogP contribution in [0.3, 0.4) is 0 Å². The number of carbonyl (C=O) groups excluding carboxylic acids is 2. The molecule has 1 atom stereocenters. The Labute approximate surface area is 251 Å². The van der Waals surface area contributed by atoms with Gasteiger partial charge in [0.05, 0.1) is 28.1 Å². The van der Waals surface area contributed by atoms with Crippen LogP contribution in [0.4, 0.5) is 13.2 Å². The number of carbonyl (C=O) groups is 2. The predicted octanol–water partition coefficient (Wildman–Crippen LogP) is 6.06. The van der Waals surface area contributed by atoms with E-state index in [2.05, 4.69) is 10.3 Å². The summed E-state index contributed by atoms with van der Waals surface area (Å²) in [6.45, 7) is 6.13. The highest BCUT2D eigenvalue weighted by Crippen LogP contribution is 2.41. The highest BCUT2D eigenvalue weighted by molar-refractivity contribution is 6.12. The fourth-order valence-corrected chi connectivity index (χ4v) is 6.03. The molecular weight excluding hydrogens is 567 g/mol. The molecule has 10 heteroatoms. The molecule has 3 aromatic heterocycles. The molecule has 1 aliphatic heterocycles. The minimum atomic E-state index is -0.938. The zero-order valence-electron chi connectivity index (χ0n) is 24.4. The molecule has 4 heterocycles. The van der Waals surface area contributed by atoms with Gasteiger partial charge in [-0.15, -0.1) is 0 Å². The van der Waals surface area contributed by atoms with Gasteiger partial charge in [0.2, 0.25) is 0 Å². The number of aromatic nitrogens is 3. The molecular formula is C34H30F3N5O2.